The van der Waals surface area contributed by atoms with Gasteiger partial charge in [0.2, 0.25) is 0 Å². The molecule has 0 unspecified atom stereocenters. The van der Waals surface area contributed by atoms with Crippen LogP contribution in [0.15, 0.2) is 35.2 Å². The van der Waals surface area contributed by atoms with Gasteiger partial charge in [0, 0.05) is 11.5 Å². The first kappa shape index (κ1) is 15.5. The Hall–Kier alpha value is -2.85. The summed E-state index contributed by atoms with van der Waals surface area (Å²) in [5.41, 5.74) is 0. The summed E-state index contributed by atoms with van der Waals surface area (Å²) in [6, 6.07) is 5.55. The van der Waals surface area contributed by atoms with Crippen molar-refractivity contribution in [2.75, 3.05) is 0 Å². The molecule has 0 fully saturated rings. The smallest absolute Gasteiger partial charge is 0.449 e. The van der Waals surface area contributed by atoms with Crippen molar-refractivity contribution in [2.45, 2.75) is 4.90 Å². The fourth-order valence-electron chi connectivity index (χ4n) is 1.82. The topological polar surface area (TPSA) is 147 Å². The molecule has 0 amide bonds. The van der Waals surface area contributed by atoms with E-state index in [2.05, 4.69) is 9.47 Å². The van der Waals surface area contributed by atoms with Crippen molar-refractivity contribution in [2.24, 2.45) is 0 Å². The van der Waals surface area contributed by atoms with Crippen molar-refractivity contribution in [3.63, 3.8) is 0 Å². The van der Waals surface area contributed by atoms with E-state index in [0.717, 1.165) is 18.2 Å². The van der Waals surface area contributed by atoms with E-state index in [0.29, 0.717) is 0 Å². The maximum atomic E-state index is 11.4. The molecule has 0 bridgehead atoms. The summed E-state index contributed by atoms with van der Waals surface area (Å²) in [6.07, 6.45) is -3.26. The van der Waals surface area contributed by atoms with Crippen molar-refractivity contribution in [3.8, 4) is 11.5 Å². The minimum absolute atomic E-state index is 0.0398. The van der Waals surface area contributed by atoms with Crippen LogP contribution in [0.1, 0.15) is 0 Å². The Morgan fingerprint density at radius 3 is 2.00 bits per heavy atom. The van der Waals surface area contributed by atoms with Gasteiger partial charge in [0.05, 0.1) is 0 Å². The van der Waals surface area contributed by atoms with Crippen LogP contribution < -0.4 is 9.47 Å². The summed E-state index contributed by atoms with van der Waals surface area (Å²) in [5.74, 6) is -0.478. The number of carbonyl (C=O) groups is 2. The van der Waals surface area contributed by atoms with Gasteiger partial charge in [-0.05, 0) is 29.7 Å². The average Bonchev–Trinajstić information content (AvgIpc) is 2.34. The third kappa shape index (κ3) is 3.42. The van der Waals surface area contributed by atoms with E-state index >= 15 is 0 Å². The van der Waals surface area contributed by atoms with E-state index in [1.165, 1.54) is 12.1 Å². The molecule has 0 radical (unpaired) electrons. The Balaban J connectivity index is 2.70. The zero-order chi connectivity index (χ0) is 16.5. The number of rotatable bonds is 3. The van der Waals surface area contributed by atoms with Crippen molar-refractivity contribution >= 4 is 33.2 Å². The van der Waals surface area contributed by atoms with Gasteiger partial charge < -0.3 is 19.7 Å². The number of ether oxygens (including phenoxy) is 2. The summed E-state index contributed by atoms with van der Waals surface area (Å²) >= 11 is 0. The average molecular weight is 328 g/mol. The van der Waals surface area contributed by atoms with Crippen LogP contribution in [-0.4, -0.2) is 35.5 Å². The lowest BCUT2D eigenvalue weighted by Gasteiger charge is -2.08. The number of fused-ring (bicyclic) bond motifs is 1. The van der Waals surface area contributed by atoms with Crippen LogP contribution in [0.2, 0.25) is 0 Å². The van der Waals surface area contributed by atoms with Crippen LogP contribution in [0.3, 0.4) is 0 Å². The predicted molar refractivity (Wildman–Crippen MR) is 71.1 cm³/mol. The van der Waals surface area contributed by atoms with Crippen LogP contribution >= 0.6 is 0 Å². The minimum Gasteiger partial charge on any atom is -0.449 e. The van der Waals surface area contributed by atoms with Gasteiger partial charge in [0.1, 0.15) is 16.4 Å². The molecule has 10 heteroatoms. The predicted octanol–water partition coefficient (Wildman–Crippen LogP) is 2.20. The van der Waals surface area contributed by atoms with Crippen LogP contribution in [-0.2, 0) is 10.1 Å². The molecule has 0 aliphatic carbocycles. The molecule has 2 aromatic rings. The molecule has 3 N–H and O–H groups in total. The Morgan fingerprint density at radius 2 is 1.45 bits per heavy atom. The molecule has 0 aliphatic rings. The second-order valence-corrected chi connectivity index (χ2v) is 5.41. The molecule has 2 rings (SSSR count). The largest absolute Gasteiger partial charge is 0.511 e. The highest BCUT2D eigenvalue weighted by molar-refractivity contribution is 7.86. The maximum absolute atomic E-state index is 11.4. The summed E-state index contributed by atoms with van der Waals surface area (Å²) in [7, 11) is -4.65. The van der Waals surface area contributed by atoms with Gasteiger partial charge in [0.15, 0.2) is 0 Å². The number of carboxylic acid groups (broad SMARTS) is 2. The molecule has 2 aromatic carbocycles. The molecule has 0 spiro atoms. The highest BCUT2D eigenvalue weighted by Crippen LogP contribution is 2.31. The van der Waals surface area contributed by atoms with Crippen molar-refractivity contribution in [3.05, 3.63) is 30.3 Å². The third-order valence-electron chi connectivity index (χ3n) is 2.55. The van der Waals surface area contributed by atoms with Gasteiger partial charge in [-0.1, -0.05) is 0 Å². The summed E-state index contributed by atoms with van der Waals surface area (Å²) in [4.78, 5) is 20.4. The molecule has 0 heterocycles. The first-order chi connectivity index (χ1) is 10.2. The molecule has 0 aliphatic heterocycles. The molecular formula is C12H8O9S. The Labute approximate surface area is 123 Å². The van der Waals surface area contributed by atoms with Crippen LogP contribution in [0, 0.1) is 0 Å². The van der Waals surface area contributed by atoms with Crippen molar-refractivity contribution in [1.29, 1.82) is 0 Å². The van der Waals surface area contributed by atoms with Crippen LogP contribution in [0.4, 0.5) is 9.59 Å². The molecule has 22 heavy (non-hydrogen) atoms. The van der Waals surface area contributed by atoms with Crippen molar-refractivity contribution < 1.29 is 42.2 Å². The number of hydrogen-bond acceptors (Lipinski definition) is 6. The summed E-state index contributed by atoms with van der Waals surface area (Å²) in [5, 5.41) is 17.2. The minimum atomic E-state index is -4.65. The maximum Gasteiger partial charge on any atom is 0.511 e. The standard InChI is InChI=1S/C12H8O9S/c13-11(14)20-7-1-2-9-6(3-7)4-8(21-12(15)16)5-10(9)22(17,18)19/h1-5H,(H,13,14)(H,15,16)(H,17,18,19). The van der Waals surface area contributed by atoms with Crippen molar-refractivity contribution in [1.82, 2.24) is 0 Å². The van der Waals surface area contributed by atoms with E-state index in [4.69, 9.17) is 10.2 Å². The van der Waals surface area contributed by atoms with E-state index in [9.17, 15) is 22.6 Å². The van der Waals surface area contributed by atoms with E-state index < -0.39 is 27.3 Å². The number of benzene rings is 2. The van der Waals surface area contributed by atoms with Gasteiger partial charge in [0.25, 0.3) is 10.1 Å². The van der Waals surface area contributed by atoms with Gasteiger partial charge in [-0.25, -0.2) is 9.59 Å². The second kappa shape index (κ2) is 5.50. The number of hydrogen-bond donors (Lipinski definition) is 3. The van der Waals surface area contributed by atoms with Crippen LogP contribution in [0.5, 0.6) is 11.5 Å². The lowest BCUT2D eigenvalue weighted by atomic mass is 10.1. The quantitative estimate of drug-likeness (QED) is 0.438. The van der Waals surface area contributed by atoms with Gasteiger partial charge >= 0.3 is 12.3 Å². The Morgan fingerprint density at radius 1 is 0.909 bits per heavy atom. The zero-order valence-corrected chi connectivity index (χ0v) is 11.4. The van der Waals surface area contributed by atoms with E-state index in [1.54, 1.807) is 0 Å². The SMILES string of the molecule is O=C(O)Oc1ccc2c(S(=O)(=O)O)cc(OC(=O)O)cc2c1. The van der Waals surface area contributed by atoms with E-state index in [-0.39, 0.29) is 22.3 Å². The zero-order valence-electron chi connectivity index (χ0n) is 10.6. The lowest BCUT2D eigenvalue weighted by molar-refractivity contribution is 0.143. The molecule has 116 valence electrons. The Kier molecular flexibility index (Phi) is 3.89. The van der Waals surface area contributed by atoms with E-state index in [1.807, 2.05) is 0 Å². The summed E-state index contributed by atoms with van der Waals surface area (Å²) < 4.78 is 40.7. The molecule has 0 saturated carbocycles. The highest BCUT2D eigenvalue weighted by Gasteiger charge is 2.18. The highest BCUT2D eigenvalue weighted by atomic mass is 32.2. The normalized spacial score (nSPS) is 11.1. The fraction of sp³-hybridized carbons (Fsp3) is 0. The molecular weight excluding hydrogens is 320 g/mol. The van der Waals surface area contributed by atoms with Gasteiger partial charge in [-0.15, -0.1) is 0 Å². The van der Waals surface area contributed by atoms with Crippen LogP contribution in [0.25, 0.3) is 10.8 Å². The molecule has 0 aromatic heterocycles. The third-order valence-corrected chi connectivity index (χ3v) is 3.44. The van der Waals surface area contributed by atoms with Gasteiger partial charge in [-0.2, -0.15) is 8.42 Å². The monoisotopic (exact) mass is 328 g/mol. The second-order valence-electron chi connectivity index (χ2n) is 4.02. The summed E-state index contributed by atoms with van der Waals surface area (Å²) in [6.45, 7) is 0. The first-order valence-corrected chi connectivity index (χ1v) is 6.97. The molecule has 0 saturated heterocycles. The first-order valence-electron chi connectivity index (χ1n) is 5.53. The van der Waals surface area contributed by atoms with Gasteiger partial charge in [-0.3, -0.25) is 4.55 Å². The lowest BCUT2D eigenvalue weighted by Crippen LogP contribution is -2.06. The molecule has 9 nitrogen and oxygen atoms in total. The Bertz CT molecular complexity index is 864. The molecule has 0 atom stereocenters. The fourth-order valence-corrected chi connectivity index (χ4v) is 2.55.